The number of nitrogens with one attached hydrogen (secondary N) is 1. The Morgan fingerprint density at radius 1 is 1.27 bits per heavy atom. The lowest BCUT2D eigenvalue weighted by Crippen LogP contribution is -2.61. The second kappa shape index (κ2) is 10.7. The number of rotatable bonds is 7. The van der Waals surface area contributed by atoms with Crippen LogP contribution in [0.3, 0.4) is 0 Å². The van der Waals surface area contributed by atoms with Gasteiger partial charge in [-0.1, -0.05) is 36.0 Å². The average molecular weight is 530 g/mol. The van der Waals surface area contributed by atoms with Gasteiger partial charge in [-0.05, 0) is 50.8 Å². The normalized spacial score (nSPS) is 21.7. The second-order valence-corrected chi connectivity index (χ2v) is 11.3. The first kappa shape index (κ1) is 26.9. The van der Waals surface area contributed by atoms with E-state index in [9.17, 15) is 24.3 Å². The van der Waals surface area contributed by atoms with Crippen molar-refractivity contribution in [3.63, 3.8) is 0 Å². The van der Waals surface area contributed by atoms with E-state index in [1.54, 1.807) is 45.9 Å². The number of ether oxygens (including phenoxy) is 2. The summed E-state index contributed by atoms with van der Waals surface area (Å²) in [6.07, 6.45) is -0.410. The van der Waals surface area contributed by atoms with E-state index >= 15 is 0 Å². The summed E-state index contributed by atoms with van der Waals surface area (Å²) < 4.78 is 10.3. The Kier molecular flexibility index (Phi) is 7.75. The molecule has 0 bridgehead atoms. The third-order valence-corrected chi connectivity index (χ3v) is 7.28. The molecule has 3 heterocycles. The smallest absolute Gasteiger partial charge is 0.358 e. The maximum absolute atomic E-state index is 13.1. The molecule has 198 valence electrons. The molecule has 1 fully saturated rings. The maximum atomic E-state index is 13.1. The Morgan fingerprint density at radius 2 is 2.03 bits per heavy atom. The molecule has 3 aliphatic heterocycles. The number of aliphatic imine (C=N–C) groups is 1. The number of carbonyl (C=O) groups is 4. The molecule has 0 spiro atoms. The highest BCUT2D eigenvalue weighted by molar-refractivity contribution is 8.14. The average Bonchev–Trinajstić information content (AvgIpc) is 3.44. The van der Waals surface area contributed by atoms with Gasteiger partial charge in [-0.25, -0.2) is 4.79 Å². The fourth-order valence-corrected chi connectivity index (χ4v) is 5.31. The predicted octanol–water partition coefficient (Wildman–Crippen LogP) is 1.86. The molecule has 1 saturated heterocycles. The fraction of sp³-hybridized carbons (Fsp3) is 0.500. The lowest BCUT2D eigenvalue weighted by Gasteiger charge is -2.44. The molecule has 1 aromatic rings. The molecule has 37 heavy (non-hydrogen) atoms. The van der Waals surface area contributed by atoms with E-state index in [2.05, 4.69) is 10.3 Å². The van der Waals surface area contributed by atoms with E-state index in [4.69, 9.17) is 9.47 Å². The number of β-lactam (4-membered cyclic amide) rings is 1. The van der Waals surface area contributed by atoms with Crippen molar-refractivity contribution < 1.29 is 33.8 Å². The largest absolute Gasteiger partial charge is 0.427 e. The monoisotopic (exact) mass is 529 g/mol. The van der Waals surface area contributed by atoms with Gasteiger partial charge in [0.2, 0.25) is 18.6 Å². The molecule has 11 heteroatoms. The van der Waals surface area contributed by atoms with Crippen LogP contribution in [0.15, 0.2) is 35.0 Å². The lowest BCUT2D eigenvalue weighted by atomic mass is 9.82. The summed E-state index contributed by atoms with van der Waals surface area (Å²) in [4.78, 5) is 56.0. The molecule has 0 radical (unpaired) electrons. The number of amidine groups is 1. The van der Waals surface area contributed by atoms with Crippen LogP contribution in [0, 0.1) is 11.3 Å². The number of hydrogen-bond donors (Lipinski definition) is 2. The lowest BCUT2D eigenvalue weighted by molar-refractivity contribution is -0.175. The number of carbonyl (C=O) groups excluding carboxylic acids is 4. The highest BCUT2D eigenvalue weighted by atomic mass is 32.2. The summed E-state index contributed by atoms with van der Waals surface area (Å²) in [5.74, 6) is -1.66. The Hall–Kier alpha value is -3.18. The van der Waals surface area contributed by atoms with Crippen LogP contribution in [0.4, 0.5) is 0 Å². The van der Waals surface area contributed by atoms with Gasteiger partial charge >= 0.3 is 11.9 Å². The van der Waals surface area contributed by atoms with Crippen LogP contribution in [0.1, 0.15) is 45.2 Å². The van der Waals surface area contributed by atoms with Crippen molar-refractivity contribution in [2.75, 3.05) is 19.1 Å². The van der Waals surface area contributed by atoms with E-state index in [-0.39, 0.29) is 30.0 Å². The minimum absolute atomic E-state index is 0.0667. The summed E-state index contributed by atoms with van der Waals surface area (Å²) in [5.41, 5.74) is 1.28. The third-order valence-electron chi connectivity index (χ3n) is 6.39. The molecule has 2 amide bonds. The van der Waals surface area contributed by atoms with E-state index in [1.807, 2.05) is 6.07 Å². The molecule has 1 aromatic carbocycles. The summed E-state index contributed by atoms with van der Waals surface area (Å²) in [7, 11) is 0. The number of fused-ring (bicyclic) bond motifs is 1. The Bertz CT molecular complexity index is 1180. The number of amides is 2. The Morgan fingerprint density at radius 3 is 2.68 bits per heavy atom. The number of thioether (sulfide) groups is 1. The van der Waals surface area contributed by atoms with Crippen molar-refractivity contribution >= 4 is 46.3 Å². The quantitative estimate of drug-likeness (QED) is 0.311. The number of aliphatic hydroxyl groups excluding tert-OH is 1. The van der Waals surface area contributed by atoms with Gasteiger partial charge in [0.25, 0.3) is 0 Å². The highest BCUT2D eigenvalue weighted by Gasteiger charge is 2.57. The van der Waals surface area contributed by atoms with Crippen LogP contribution < -0.4 is 5.32 Å². The highest BCUT2D eigenvalue weighted by Crippen LogP contribution is 2.47. The van der Waals surface area contributed by atoms with Gasteiger partial charge in [-0.3, -0.25) is 19.4 Å². The van der Waals surface area contributed by atoms with Crippen LogP contribution in [0.2, 0.25) is 0 Å². The number of hydrogen-bond acceptors (Lipinski definition) is 9. The zero-order valence-corrected chi connectivity index (χ0v) is 22.1. The first-order valence-corrected chi connectivity index (χ1v) is 13.1. The Labute approximate surface area is 219 Å². The van der Waals surface area contributed by atoms with Crippen LogP contribution in [0.25, 0.3) is 5.57 Å². The van der Waals surface area contributed by atoms with Gasteiger partial charge in [-0.2, -0.15) is 0 Å². The minimum atomic E-state index is -0.871. The van der Waals surface area contributed by atoms with Gasteiger partial charge in [0.15, 0.2) is 5.17 Å². The molecule has 4 rings (SSSR count). The second-order valence-electron chi connectivity index (χ2n) is 10.3. The van der Waals surface area contributed by atoms with Crippen molar-refractivity contribution in [3.05, 3.63) is 41.1 Å². The molecule has 2 N–H and O–H groups in total. The first-order chi connectivity index (χ1) is 17.5. The van der Waals surface area contributed by atoms with Gasteiger partial charge in [0.1, 0.15) is 5.70 Å². The van der Waals surface area contributed by atoms with Crippen molar-refractivity contribution in [1.82, 2.24) is 10.2 Å². The number of esters is 2. The predicted molar refractivity (Wildman–Crippen MR) is 137 cm³/mol. The van der Waals surface area contributed by atoms with Gasteiger partial charge in [-0.15, -0.1) is 0 Å². The standard InChI is InChI=1S/C26H31N3O7S/c1-14(30)20-18-12-17(16-7-5-6-15(10-16)11-19(31)28-25-27-8-9-37-25)21(29(18)22(20)32)23(33)35-13-36-24(34)26(2,3)4/h5-7,10,14,18,20,30H,8-9,11-13H2,1-4H3,(H,27,28,31)/t14-,18-,20-/m1/s1. The van der Waals surface area contributed by atoms with Crippen molar-refractivity contribution in [2.24, 2.45) is 16.3 Å². The molecule has 10 nitrogen and oxygen atoms in total. The van der Waals surface area contributed by atoms with Crippen molar-refractivity contribution in [1.29, 1.82) is 0 Å². The van der Waals surface area contributed by atoms with Gasteiger partial charge in [0.05, 0.1) is 36.4 Å². The molecule has 0 unspecified atom stereocenters. The number of nitrogens with zero attached hydrogens (tertiary/aromatic N) is 2. The van der Waals surface area contributed by atoms with Gasteiger partial charge in [0, 0.05) is 5.75 Å². The molecule has 3 atom stereocenters. The zero-order chi connectivity index (χ0) is 26.9. The first-order valence-electron chi connectivity index (χ1n) is 12.1. The maximum Gasteiger partial charge on any atom is 0.358 e. The fourth-order valence-electron chi connectivity index (χ4n) is 4.57. The zero-order valence-electron chi connectivity index (χ0n) is 21.3. The topological polar surface area (TPSA) is 135 Å². The van der Waals surface area contributed by atoms with E-state index in [0.29, 0.717) is 29.3 Å². The van der Waals surface area contributed by atoms with Gasteiger partial charge < -0.3 is 24.8 Å². The summed E-state index contributed by atoms with van der Waals surface area (Å²) >= 11 is 1.50. The molecule has 0 aliphatic carbocycles. The van der Waals surface area contributed by atoms with Crippen molar-refractivity contribution in [3.8, 4) is 0 Å². The van der Waals surface area contributed by atoms with Crippen LogP contribution >= 0.6 is 11.8 Å². The third kappa shape index (κ3) is 5.72. The number of aliphatic hydroxyl groups is 1. The van der Waals surface area contributed by atoms with Crippen LogP contribution in [-0.4, -0.2) is 70.2 Å². The van der Waals surface area contributed by atoms with E-state index in [0.717, 1.165) is 11.3 Å². The molecule has 0 saturated carbocycles. The van der Waals surface area contributed by atoms with Crippen LogP contribution in [0.5, 0.6) is 0 Å². The minimum Gasteiger partial charge on any atom is -0.427 e. The van der Waals surface area contributed by atoms with E-state index in [1.165, 1.54) is 16.7 Å². The van der Waals surface area contributed by atoms with Crippen molar-refractivity contribution in [2.45, 2.75) is 52.7 Å². The molecular formula is C26H31N3O7S. The number of benzene rings is 1. The summed E-state index contributed by atoms with van der Waals surface area (Å²) in [6, 6.07) is 6.81. The molecular weight excluding hydrogens is 498 g/mol. The molecule has 3 aliphatic rings. The molecule has 0 aromatic heterocycles. The van der Waals surface area contributed by atoms with Crippen LogP contribution in [-0.2, 0) is 35.1 Å². The summed E-state index contributed by atoms with van der Waals surface area (Å²) in [5, 5.41) is 13.5. The Balaban J connectivity index is 1.55. The SMILES string of the molecule is C[C@@H](O)[C@H]1C(=O)N2C(C(=O)OCOC(=O)C(C)(C)C)=C(c3cccc(CC(=O)NC4=NCCS4)c3)C[C@H]12. The summed E-state index contributed by atoms with van der Waals surface area (Å²) in [6.45, 7) is 6.70. The van der Waals surface area contributed by atoms with E-state index < -0.39 is 36.2 Å².